The lowest BCUT2D eigenvalue weighted by Crippen LogP contribution is -2.44. The quantitative estimate of drug-likeness (QED) is 0.353. The van der Waals surface area contributed by atoms with Crippen molar-refractivity contribution in [1.29, 1.82) is 0 Å². The van der Waals surface area contributed by atoms with E-state index in [1.807, 2.05) is 12.3 Å². The van der Waals surface area contributed by atoms with Gasteiger partial charge >= 0.3 is 0 Å². The Morgan fingerprint density at radius 3 is 2.35 bits per heavy atom. The van der Waals surface area contributed by atoms with Crippen LogP contribution in [0.5, 0.6) is 0 Å². The third kappa shape index (κ3) is 3.97. The summed E-state index contributed by atoms with van der Waals surface area (Å²) in [5.41, 5.74) is 8.16. The lowest BCUT2D eigenvalue weighted by Gasteiger charge is -2.34. The fraction of sp³-hybridized carbons (Fsp3) is 0.167. The van der Waals surface area contributed by atoms with E-state index in [2.05, 4.69) is 112 Å². The zero-order valence-corrected chi connectivity index (χ0v) is 19.4. The highest BCUT2D eigenvalue weighted by molar-refractivity contribution is 6.11. The molecule has 1 fully saturated rings. The first-order valence-electron chi connectivity index (χ1n) is 11.9. The number of aromatic nitrogens is 2. The molecule has 1 saturated heterocycles. The lowest BCUT2D eigenvalue weighted by atomic mass is 10.0. The van der Waals surface area contributed by atoms with Crippen LogP contribution in [0.2, 0.25) is 0 Å². The molecule has 0 saturated carbocycles. The van der Waals surface area contributed by atoms with Crippen molar-refractivity contribution in [3.8, 4) is 11.1 Å². The van der Waals surface area contributed by atoms with Crippen molar-refractivity contribution < 1.29 is 0 Å². The van der Waals surface area contributed by atoms with E-state index < -0.39 is 0 Å². The summed E-state index contributed by atoms with van der Waals surface area (Å²) in [7, 11) is 2.19. The van der Waals surface area contributed by atoms with Gasteiger partial charge in [-0.25, -0.2) is 4.98 Å². The Balaban J connectivity index is 1.36. The Hall–Kier alpha value is -3.89. The van der Waals surface area contributed by atoms with Gasteiger partial charge in [-0.3, -0.25) is 0 Å². The van der Waals surface area contributed by atoms with Gasteiger partial charge in [0.2, 0.25) is 0 Å². The maximum Gasteiger partial charge on any atom is 0.138 e. The highest BCUT2D eigenvalue weighted by Crippen LogP contribution is 2.32. The van der Waals surface area contributed by atoms with Crippen LogP contribution < -0.4 is 4.90 Å². The van der Waals surface area contributed by atoms with Crippen molar-refractivity contribution in [2.45, 2.75) is 0 Å². The lowest BCUT2D eigenvalue weighted by molar-refractivity contribution is 0.313. The molecule has 3 heterocycles. The molecular formula is C30H28N4. The summed E-state index contributed by atoms with van der Waals surface area (Å²) in [6, 6.07) is 28.2. The van der Waals surface area contributed by atoms with Crippen LogP contribution in [-0.4, -0.2) is 48.1 Å². The molecule has 2 aromatic heterocycles. The minimum atomic E-state index is 0.924. The van der Waals surface area contributed by atoms with Crippen LogP contribution in [0.3, 0.4) is 0 Å². The second-order valence-corrected chi connectivity index (χ2v) is 9.09. The Morgan fingerprint density at radius 2 is 1.56 bits per heavy atom. The number of fused-ring (bicyclic) bond motifs is 3. The van der Waals surface area contributed by atoms with Crippen LogP contribution in [0.15, 0.2) is 85.1 Å². The summed E-state index contributed by atoms with van der Waals surface area (Å²) >= 11 is 0. The molecule has 0 unspecified atom stereocenters. The zero-order chi connectivity index (χ0) is 22.9. The minimum absolute atomic E-state index is 0.924. The third-order valence-corrected chi connectivity index (χ3v) is 6.85. The molecule has 1 aliphatic rings. The predicted molar refractivity (Wildman–Crippen MR) is 144 cm³/mol. The zero-order valence-electron chi connectivity index (χ0n) is 19.4. The van der Waals surface area contributed by atoms with Crippen molar-refractivity contribution in [1.82, 2.24) is 14.9 Å². The molecule has 3 aromatic carbocycles. The first-order chi connectivity index (χ1) is 16.7. The first kappa shape index (κ1) is 20.7. The van der Waals surface area contributed by atoms with E-state index in [0.29, 0.717) is 0 Å². The Labute approximate surface area is 200 Å². The molecule has 168 valence electrons. The van der Waals surface area contributed by atoms with Gasteiger partial charge in [-0.05, 0) is 59.6 Å². The number of hydrogen-bond donors (Lipinski definition) is 1. The number of nitrogens with zero attached hydrogens (tertiary/aromatic N) is 3. The number of aromatic amines is 1. The average molecular weight is 445 g/mol. The molecule has 0 amide bonds. The second kappa shape index (κ2) is 8.81. The molecule has 0 spiro atoms. The van der Waals surface area contributed by atoms with E-state index >= 15 is 0 Å². The molecule has 6 rings (SSSR count). The van der Waals surface area contributed by atoms with E-state index in [1.54, 1.807) is 0 Å². The van der Waals surface area contributed by atoms with Crippen molar-refractivity contribution in [2.24, 2.45) is 0 Å². The molecule has 0 radical (unpaired) electrons. The highest BCUT2D eigenvalue weighted by Gasteiger charge is 2.14. The van der Waals surface area contributed by atoms with Crippen LogP contribution >= 0.6 is 0 Å². The Bertz CT molecular complexity index is 1460. The van der Waals surface area contributed by atoms with Gasteiger partial charge in [-0.2, -0.15) is 0 Å². The Morgan fingerprint density at radius 1 is 0.794 bits per heavy atom. The van der Waals surface area contributed by atoms with Crippen LogP contribution in [-0.2, 0) is 0 Å². The number of rotatable bonds is 4. The standard InChI is InChI=1S/C30H28N4/c1-33-17-19-34(20-18-33)26-12-9-23(10-13-26)25-11-14-28-27(21-25)29-24(15-16-31-30(29)32-28)8-7-22-5-3-2-4-6-22/h2-16,21H,17-20H2,1H3,(H,31,32). The molecule has 4 heteroatoms. The van der Waals surface area contributed by atoms with Gasteiger partial charge in [0, 0.05) is 54.4 Å². The van der Waals surface area contributed by atoms with Crippen molar-refractivity contribution in [2.75, 3.05) is 38.1 Å². The summed E-state index contributed by atoms with van der Waals surface area (Å²) in [6.07, 6.45) is 6.22. The third-order valence-electron chi connectivity index (χ3n) is 6.85. The molecule has 1 N–H and O–H groups in total. The van der Waals surface area contributed by atoms with Crippen molar-refractivity contribution >= 4 is 39.8 Å². The smallest absolute Gasteiger partial charge is 0.138 e. The van der Waals surface area contributed by atoms with Gasteiger partial charge in [0.25, 0.3) is 0 Å². The van der Waals surface area contributed by atoms with Crippen molar-refractivity contribution in [3.63, 3.8) is 0 Å². The molecule has 0 aliphatic carbocycles. The van der Waals surface area contributed by atoms with Gasteiger partial charge in [0.15, 0.2) is 0 Å². The minimum Gasteiger partial charge on any atom is -0.369 e. The number of hydrogen-bond acceptors (Lipinski definition) is 3. The number of nitrogens with one attached hydrogen (secondary N) is 1. The molecule has 1 aliphatic heterocycles. The predicted octanol–water partition coefficient (Wildman–Crippen LogP) is 6.31. The fourth-order valence-corrected chi connectivity index (χ4v) is 4.84. The fourth-order valence-electron chi connectivity index (χ4n) is 4.84. The molecular weight excluding hydrogens is 416 g/mol. The average Bonchev–Trinajstić information content (AvgIpc) is 3.27. The molecule has 0 bridgehead atoms. The van der Waals surface area contributed by atoms with E-state index in [0.717, 1.165) is 37.3 Å². The monoisotopic (exact) mass is 444 g/mol. The maximum atomic E-state index is 4.61. The second-order valence-electron chi connectivity index (χ2n) is 9.09. The van der Waals surface area contributed by atoms with E-state index in [-0.39, 0.29) is 0 Å². The van der Waals surface area contributed by atoms with E-state index in [1.165, 1.54) is 38.7 Å². The number of piperazine rings is 1. The van der Waals surface area contributed by atoms with Crippen molar-refractivity contribution in [3.05, 3.63) is 96.2 Å². The molecule has 4 nitrogen and oxygen atoms in total. The maximum absolute atomic E-state index is 4.61. The summed E-state index contributed by atoms with van der Waals surface area (Å²) in [6.45, 7) is 4.41. The number of likely N-dealkylation sites (N-methyl/N-ethyl adjacent to an activating group) is 1. The summed E-state index contributed by atoms with van der Waals surface area (Å²) in [5.74, 6) is 0. The molecule has 5 aromatic rings. The Kier molecular flexibility index (Phi) is 5.36. The molecule has 34 heavy (non-hydrogen) atoms. The van der Waals surface area contributed by atoms with Crippen LogP contribution in [0, 0.1) is 0 Å². The number of H-pyrrole nitrogens is 1. The first-order valence-corrected chi connectivity index (χ1v) is 11.9. The van der Waals surface area contributed by atoms with Gasteiger partial charge in [0.1, 0.15) is 5.65 Å². The van der Waals surface area contributed by atoms with Crippen LogP contribution in [0.1, 0.15) is 11.1 Å². The van der Waals surface area contributed by atoms with Crippen LogP contribution in [0.4, 0.5) is 5.69 Å². The van der Waals surface area contributed by atoms with Gasteiger partial charge in [-0.15, -0.1) is 0 Å². The largest absolute Gasteiger partial charge is 0.369 e. The number of pyridine rings is 1. The summed E-state index contributed by atoms with van der Waals surface area (Å²) in [4.78, 5) is 13.0. The summed E-state index contributed by atoms with van der Waals surface area (Å²) in [5, 5.41) is 2.37. The van der Waals surface area contributed by atoms with Crippen LogP contribution in [0.25, 0.3) is 45.2 Å². The highest BCUT2D eigenvalue weighted by atomic mass is 15.2. The number of benzene rings is 3. The normalized spacial score (nSPS) is 15.0. The SMILES string of the molecule is CN1CCN(c2ccc(-c3ccc4[nH]c5nccc(C=Cc6ccccc6)c5c4c3)cc2)CC1. The molecule has 0 atom stereocenters. The summed E-state index contributed by atoms with van der Waals surface area (Å²) < 4.78 is 0. The van der Waals surface area contributed by atoms with Gasteiger partial charge in [-0.1, -0.05) is 60.7 Å². The van der Waals surface area contributed by atoms with E-state index in [9.17, 15) is 0 Å². The van der Waals surface area contributed by atoms with E-state index in [4.69, 9.17) is 0 Å². The van der Waals surface area contributed by atoms with Gasteiger partial charge < -0.3 is 14.8 Å². The number of anilines is 1. The van der Waals surface area contributed by atoms with Gasteiger partial charge in [0.05, 0.1) is 0 Å². The topological polar surface area (TPSA) is 35.2 Å².